The van der Waals surface area contributed by atoms with Crippen LogP contribution in [-0.2, 0) is 11.3 Å². The van der Waals surface area contributed by atoms with E-state index in [-0.39, 0.29) is 24.6 Å². The Morgan fingerprint density at radius 2 is 2.22 bits per heavy atom. The highest BCUT2D eigenvalue weighted by Gasteiger charge is 2.22. The number of carbonyl (C=O) groups excluding carboxylic acids is 1. The van der Waals surface area contributed by atoms with Gasteiger partial charge in [-0.05, 0) is 46.4 Å². The summed E-state index contributed by atoms with van der Waals surface area (Å²) >= 11 is 2.02. The van der Waals surface area contributed by atoms with Gasteiger partial charge in [0.05, 0.1) is 6.61 Å². The van der Waals surface area contributed by atoms with Crippen LogP contribution in [0.25, 0.3) is 11.0 Å². The molecule has 0 bridgehead atoms. The summed E-state index contributed by atoms with van der Waals surface area (Å²) in [5.41, 5.74) is 3.48. The molecule has 9 heteroatoms. The average molecular weight is 486 g/mol. The summed E-state index contributed by atoms with van der Waals surface area (Å²) < 4.78 is 20.7. The second-order valence-corrected chi connectivity index (χ2v) is 7.02. The fourth-order valence-corrected chi connectivity index (χ4v) is 2.96. The van der Waals surface area contributed by atoms with E-state index in [9.17, 15) is 14.3 Å². The maximum absolute atomic E-state index is 14.3. The first-order valence-electron chi connectivity index (χ1n) is 8.00. The second-order valence-electron chi connectivity index (χ2n) is 5.77. The standard InChI is InChI=1S/C18H16FIN2O5/c19-15-6-11(20)2-1-10(15)5-13-14-7-21-4-3-16(14)27-17(13)18(25)22-26-9-12(24)8-23/h1-4,6-7,12,23-24H,5,8-9H2,(H,22,25)/t12-/m0/s1. The van der Waals surface area contributed by atoms with E-state index in [0.29, 0.717) is 22.1 Å². The molecule has 1 aromatic carbocycles. The summed E-state index contributed by atoms with van der Waals surface area (Å²) in [4.78, 5) is 21.4. The number of nitrogens with one attached hydrogen (secondary N) is 1. The van der Waals surface area contributed by atoms with E-state index in [2.05, 4.69) is 10.5 Å². The fraction of sp³-hybridized carbons (Fsp3) is 0.222. The Morgan fingerprint density at radius 1 is 1.41 bits per heavy atom. The fourth-order valence-electron chi connectivity index (χ4n) is 2.51. The molecule has 27 heavy (non-hydrogen) atoms. The van der Waals surface area contributed by atoms with Crippen LogP contribution in [0.2, 0.25) is 0 Å². The maximum atomic E-state index is 14.3. The van der Waals surface area contributed by atoms with Crippen LogP contribution < -0.4 is 5.48 Å². The van der Waals surface area contributed by atoms with Crippen LogP contribution >= 0.6 is 22.6 Å². The average Bonchev–Trinajstić information content (AvgIpc) is 3.02. The number of benzene rings is 1. The van der Waals surface area contributed by atoms with Crippen LogP contribution in [0.5, 0.6) is 0 Å². The molecule has 0 saturated heterocycles. The van der Waals surface area contributed by atoms with Crippen molar-refractivity contribution in [1.82, 2.24) is 10.5 Å². The van der Waals surface area contributed by atoms with Gasteiger partial charge in [0.1, 0.15) is 24.1 Å². The lowest BCUT2D eigenvalue weighted by Gasteiger charge is -2.09. The van der Waals surface area contributed by atoms with Crippen molar-refractivity contribution >= 4 is 39.5 Å². The number of aromatic nitrogens is 1. The third-order valence-electron chi connectivity index (χ3n) is 3.83. The predicted octanol–water partition coefficient (Wildman–Crippen LogP) is 2.18. The van der Waals surface area contributed by atoms with Crippen LogP contribution in [0.15, 0.2) is 41.1 Å². The lowest BCUT2D eigenvalue weighted by atomic mass is 10.0. The van der Waals surface area contributed by atoms with Crippen molar-refractivity contribution < 1.29 is 28.7 Å². The Labute approximate surface area is 167 Å². The Kier molecular flexibility index (Phi) is 6.37. The van der Waals surface area contributed by atoms with Gasteiger partial charge in [0.15, 0.2) is 5.76 Å². The van der Waals surface area contributed by atoms with Crippen LogP contribution in [0.4, 0.5) is 4.39 Å². The highest BCUT2D eigenvalue weighted by atomic mass is 127. The first kappa shape index (κ1) is 19.7. The van der Waals surface area contributed by atoms with Crippen molar-refractivity contribution in [3.8, 4) is 0 Å². The van der Waals surface area contributed by atoms with E-state index >= 15 is 0 Å². The molecule has 0 fully saturated rings. The lowest BCUT2D eigenvalue weighted by molar-refractivity contribution is -0.0303. The molecule has 0 radical (unpaired) electrons. The van der Waals surface area contributed by atoms with Gasteiger partial charge >= 0.3 is 5.91 Å². The van der Waals surface area contributed by atoms with Gasteiger partial charge in [-0.2, -0.15) is 0 Å². The van der Waals surface area contributed by atoms with Crippen LogP contribution in [0.1, 0.15) is 21.7 Å². The van der Waals surface area contributed by atoms with Gasteiger partial charge in [0.2, 0.25) is 0 Å². The molecule has 1 atom stereocenters. The first-order chi connectivity index (χ1) is 13.0. The molecule has 0 unspecified atom stereocenters. The minimum Gasteiger partial charge on any atom is -0.450 e. The molecule has 2 aromatic heterocycles. The largest absolute Gasteiger partial charge is 0.450 e. The van der Waals surface area contributed by atoms with Crippen molar-refractivity contribution in [1.29, 1.82) is 0 Å². The van der Waals surface area contributed by atoms with Crippen LogP contribution in [0.3, 0.4) is 0 Å². The Morgan fingerprint density at radius 3 is 2.96 bits per heavy atom. The number of carbonyl (C=O) groups is 1. The molecule has 3 N–H and O–H groups in total. The Bertz CT molecular complexity index is 962. The maximum Gasteiger partial charge on any atom is 0.310 e. The Hall–Kier alpha value is -2.08. The zero-order chi connectivity index (χ0) is 19.4. The molecular formula is C18H16FIN2O5. The number of aliphatic hydroxyl groups excluding tert-OH is 2. The monoisotopic (exact) mass is 486 g/mol. The van der Waals surface area contributed by atoms with Gasteiger partial charge in [-0.1, -0.05) is 6.07 Å². The number of rotatable bonds is 7. The molecule has 3 aromatic rings. The third-order valence-corrected chi connectivity index (χ3v) is 4.50. The molecular weight excluding hydrogens is 470 g/mol. The number of halogens is 2. The number of hydrogen-bond donors (Lipinski definition) is 3. The number of fused-ring (bicyclic) bond motifs is 1. The summed E-state index contributed by atoms with van der Waals surface area (Å²) in [5.74, 6) is -1.10. The topological polar surface area (TPSA) is 105 Å². The van der Waals surface area contributed by atoms with Gasteiger partial charge in [-0.3, -0.25) is 14.6 Å². The SMILES string of the molecule is O=C(NOC[C@@H](O)CO)c1oc2ccncc2c1Cc1ccc(I)cc1F. The number of aliphatic hydroxyl groups is 2. The summed E-state index contributed by atoms with van der Waals surface area (Å²) in [6.45, 7) is -0.783. The molecule has 1 amide bonds. The number of pyridine rings is 1. The normalized spacial score (nSPS) is 12.3. The molecule has 3 rings (SSSR count). The van der Waals surface area contributed by atoms with Crippen molar-refractivity contribution in [2.45, 2.75) is 12.5 Å². The lowest BCUT2D eigenvalue weighted by Crippen LogP contribution is -2.30. The zero-order valence-corrected chi connectivity index (χ0v) is 16.1. The molecule has 2 heterocycles. The van der Waals surface area contributed by atoms with Gasteiger partial charge in [0.25, 0.3) is 0 Å². The minimum absolute atomic E-state index is 0.0329. The quantitative estimate of drug-likeness (QED) is 0.350. The summed E-state index contributed by atoms with van der Waals surface area (Å²) in [6, 6.07) is 6.45. The van der Waals surface area contributed by atoms with E-state index in [4.69, 9.17) is 14.4 Å². The zero-order valence-electron chi connectivity index (χ0n) is 14.0. The number of amides is 1. The van der Waals surface area contributed by atoms with Crippen molar-refractivity contribution in [3.63, 3.8) is 0 Å². The highest BCUT2D eigenvalue weighted by molar-refractivity contribution is 14.1. The van der Waals surface area contributed by atoms with Crippen LogP contribution in [-0.4, -0.2) is 40.4 Å². The Balaban J connectivity index is 1.90. The summed E-state index contributed by atoms with van der Waals surface area (Å²) in [7, 11) is 0. The van der Waals surface area contributed by atoms with Gasteiger partial charge in [-0.15, -0.1) is 0 Å². The molecule has 0 aliphatic heterocycles. The van der Waals surface area contributed by atoms with Crippen molar-refractivity contribution in [3.05, 3.63) is 62.9 Å². The van der Waals surface area contributed by atoms with Gasteiger partial charge < -0.3 is 14.6 Å². The number of hydroxylamine groups is 1. The van der Waals surface area contributed by atoms with Crippen LogP contribution in [0, 0.1) is 9.39 Å². The predicted molar refractivity (Wildman–Crippen MR) is 102 cm³/mol. The highest BCUT2D eigenvalue weighted by Crippen LogP contribution is 2.28. The summed E-state index contributed by atoms with van der Waals surface area (Å²) in [6.07, 6.45) is 2.08. The van der Waals surface area contributed by atoms with Crippen molar-refractivity contribution in [2.75, 3.05) is 13.2 Å². The smallest absolute Gasteiger partial charge is 0.310 e. The molecule has 142 valence electrons. The van der Waals surface area contributed by atoms with Crippen molar-refractivity contribution in [2.24, 2.45) is 0 Å². The molecule has 7 nitrogen and oxygen atoms in total. The van der Waals surface area contributed by atoms with E-state index in [1.165, 1.54) is 12.3 Å². The van der Waals surface area contributed by atoms with Gasteiger partial charge in [0, 0.05) is 33.3 Å². The first-order valence-corrected chi connectivity index (χ1v) is 9.08. The van der Waals surface area contributed by atoms with E-state index < -0.39 is 18.6 Å². The second kappa shape index (κ2) is 8.74. The third kappa shape index (κ3) is 4.61. The minimum atomic E-state index is -1.12. The number of nitrogens with zero attached hydrogens (tertiary/aromatic N) is 1. The van der Waals surface area contributed by atoms with E-state index in [0.717, 1.165) is 3.57 Å². The molecule has 0 aliphatic carbocycles. The van der Waals surface area contributed by atoms with E-state index in [1.54, 1.807) is 24.4 Å². The molecule has 0 aliphatic rings. The summed E-state index contributed by atoms with van der Waals surface area (Å²) in [5, 5.41) is 18.6. The molecule has 0 saturated carbocycles. The number of furan rings is 1. The number of hydrogen-bond acceptors (Lipinski definition) is 6. The molecule has 0 spiro atoms. The van der Waals surface area contributed by atoms with Gasteiger partial charge in [-0.25, -0.2) is 9.87 Å². The van der Waals surface area contributed by atoms with E-state index in [1.807, 2.05) is 22.6 Å².